The highest BCUT2D eigenvalue weighted by Gasteiger charge is 2.14. The maximum absolute atomic E-state index is 5.87. The van der Waals surface area contributed by atoms with Crippen molar-refractivity contribution in [3.05, 3.63) is 47.2 Å². The zero-order valence-corrected chi connectivity index (χ0v) is 10.9. The van der Waals surface area contributed by atoms with Gasteiger partial charge >= 0.3 is 0 Å². The van der Waals surface area contributed by atoms with Gasteiger partial charge in [0, 0.05) is 6.20 Å². The standard InChI is InChI=1S/C14H16ClN3/c15-13-9-17-18(10-13)14-3-1-11(2-4-14)12-5-7-16-8-6-12/h1-4,9-10,12,16H,5-8H2. The summed E-state index contributed by atoms with van der Waals surface area (Å²) in [5.41, 5.74) is 2.48. The second-order valence-electron chi connectivity index (χ2n) is 4.72. The van der Waals surface area contributed by atoms with E-state index in [0.29, 0.717) is 10.9 Å². The molecule has 1 saturated heterocycles. The SMILES string of the molecule is Clc1cnn(-c2ccc(C3CCNCC3)cc2)c1. The Morgan fingerprint density at radius 2 is 1.89 bits per heavy atom. The minimum Gasteiger partial charge on any atom is -0.317 e. The Balaban J connectivity index is 1.80. The zero-order valence-electron chi connectivity index (χ0n) is 10.1. The van der Waals surface area contributed by atoms with Crippen molar-refractivity contribution < 1.29 is 0 Å². The van der Waals surface area contributed by atoms with E-state index in [0.717, 1.165) is 18.8 Å². The molecule has 2 heterocycles. The van der Waals surface area contributed by atoms with Crippen LogP contribution in [-0.4, -0.2) is 22.9 Å². The van der Waals surface area contributed by atoms with Gasteiger partial charge in [-0.25, -0.2) is 4.68 Å². The summed E-state index contributed by atoms with van der Waals surface area (Å²) in [4.78, 5) is 0. The van der Waals surface area contributed by atoms with Crippen molar-refractivity contribution in [2.75, 3.05) is 13.1 Å². The molecule has 0 amide bonds. The summed E-state index contributed by atoms with van der Waals surface area (Å²) in [6.07, 6.45) is 5.93. The average molecular weight is 262 g/mol. The smallest absolute Gasteiger partial charge is 0.0790 e. The minimum atomic E-state index is 0.664. The third-order valence-corrected chi connectivity index (χ3v) is 3.71. The van der Waals surface area contributed by atoms with Crippen LogP contribution in [0.2, 0.25) is 5.02 Å². The highest BCUT2D eigenvalue weighted by Crippen LogP contribution is 2.25. The van der Waals surface area contributed by atoms with E-state index in [1.54, 1.807) is 10.9 Å². The van der Waals surface area contributed by atoms with Crippen LogP contribution in [0.1, 0.15) is 24.3 Å². The summed E-state index contributed by atoms with van der Waals surface area (Å²) >= 11 is 5.87. The molecule has 1 aliphatic heterocycles. The number of rotatable bonds is 2. The van der Waals surface area contributed by atoms with Gasteiger partial charge in [0.15, 0.2) is 0 Å². The molecule has 0 unspecified atom stereocenters. The van der Waals surface area contributed by atoms with Gasteiger partial charge in [-0.05, 0) is 49.5 Å². The van der Waals surface area contributed by atoms with Crippen LogP contribution in [0, 0.1) is 0 Å². The fourth-order valence-electron chi connectivity index (χ4n) is 2.50. The number of hydrogen-bond donors (Lipinski definition) is 1. The number of benzene rings is 1. The van der Waals surface area contributed by atoms with Crippen molar-refractivity contribution in [3.8, 4) is 5.69 Å². The molecule has 1 aromatic heterocycles. The van der Waals surface area contributed by atoms with Gasteiger partial charge in [-0.1, -0.05) is 23.7 Å². The monoisotopic (exact) mass is 261 g/mol. The van der Waals surface area contributed by atoms with E-state index in [-0.39, 0.29) is 0 Å². The predicted molar refractivity (Wildman–Crippen MR) is 73.4 cm³/mol. The first-order valence-electron chi connectivity index (χ1n) is 6.34. The van der Waals surface area contributed by atoms with Crippen molar-refractivity contribution in [2.45, 2.75) is 18.8 Å². The van der Waals surface area contributed by atoms with Crippen molar-refractivity contribution in [1.29, 1.82) is 0 Å². The number of nitrogens with zero attached hydrogens (tertiary/aromatic N) is 2. The second-order valence-corrected chi connectivity index (χ2v) is 5.16. The minimum absolute atomic E-state index is 0.664. The Labute approximate surface area is 112 Å². The van der Waals surface area contributed by atoms with E-state index in [2.05, 4.69) is 34.7 Å². The van der Waals surface area contributed by atoms with E-state index < -0.39 is 0 Å². The van der Waals surface area contributed by atoms with Crippen LogP contribution < -0.4 is 5.32 Å². The first-order valence-corrected chi connectivity index (χ1v) is 6.72. The van der Waals surface area contributed by atoms with E-state index in [1.807, 2.05) is 6.20 Å². The molecule has 0 saturated carbocycles. The summed E-state index contributed by atoms with van der Waals surface area (Å²) in [5, 5.41) is 8.26. The molecule has 0 aliphatic carbocycles. The Bertz CT molecular complexity index is 512. The van der Waals surface area contributed by atoms with E-state index in [1.165, 1.54) is 18.4 Å². The third-order valence-electron chi connectivity index (χ3n) is 3.52. The summed E-state index contributed by atoms with van der Waals surface area (Å²) in [5.74, 6) is 0.696. The fraction of sp³-hybridized carbons (Fsp3) is 0.357. The second kappa shape index (κ2) is 5.12. The molecule has 0 bridgehead atoms. The average Bonchev–Trinajstić information content (AvgIpc) is 2.87. The number of hydrogen-bond acceptors (Lipinski definition) is 2. The molecule has 0 atom stereocenters. The molecular weight excluding hydrogens is 246 g/mol. The van der Waals surface area contributed by atoms with Crippen LogP contribution in [-0.2, 0) is 0 Å². The number of halogens is 1. The largest absolute Gasteiger partial charge is 0.317 e. The van der Waals surface area contributed by atoms with Gasteiger partial charge in [-0.15, -0.1) is 0 Å². The van der Waals surface area contributed by atoms with Crippen molar-refractivity contribution >= 4 is 11.6 Å². The molecule has 94 valence electrons. The summed E-state index contributed by atoms with van der Waals surface area (Å²) in [7, 11) is 0. The maximum atomic E-state index is 5.87. The van der Waals surface area contributed by atoms with Crippen LogP contribution in [0.15, 0.2) is 36.7 Å². The van der Waals surface area contributed by atoms with Gasteiger partial charge in [0.25, 0.3) is 0 Å². The lowest BCUT2D eigenvalue weighted by atomic mass is 9.90. The predicted octanol–water partition coefficient (Wildman–Crippen LogP) is 2.99. The van der Waals surface area contributed by atoms with E-state index in [4.69, 9.17) is 11.6 Å². The quantitative estimate of drug-likeness (QED) is 0.901. The summed E-state index contributed by atoms with van der Waals surface area (Å²) < 4.78 is 1.80. The van der Waals surface area contributed by atoms with Gasteiger partial charge in [0.05, 0.1) is 16.9 Å². The van der Waals surface area contributed by atoms with Crippen LogP contribution in [0.5, 0.6) is 0 Å². The van der Waals surface area contributed by atoms with E-state index >= 15 is 0 Å². The summed E-state index contributed by atoms with van der Waals surface area (Å²) in [6.45, 7) is 2.25. The normalized spacial score (nSPS) is 16.9. The molecule has 1 aromatic carbocycles. The lowest BCUT2D eigenvalue weighted by Gasteiger charge is -2.23. The number of piperidine rings is 1. The van der Waals surface area contributed by atoms with Crippen molar-refractivity contribution in [2.24, 2.45) is 0 Å². The van der Waals surface area contributed by atoms with E-state index in [9.17, 15) is 0 Å². The van der Waals surface area contributed by atoms with Gasteiger partial charge in [-0.2, -0.15) is 5.10 Å². The highest BCUT2D eigenvalue weighted by molar-refractivity contribution is 6.30. The van der Waals surface area contributed by atoms with Crippen LogP contribution in [0.25, 0.3) is 5.69 Å². The number of nitrogens with one attached hydrogen (secondary N) is 1. The Kier molecular flexibility index (Phi) is 3.35. The molecule has 0 spiro atoms. The molecular formula is C14H16ClN3. The van der Waals surface area contributed by atoms with Gasteiger partial charge in [0.1, 0.15) is 0 Å². The maximum Gasteiger partial charge on any atom is 0.0790 e. The van der Waals surface area contributed by atoms with Crippen molar-refractivity contribution in [3.63, 3.8) is 0 Å². The Hall–Kier alpha value is -1.32. The lowest BCUT2D eigenvalue weighted by Crippen LogP contribution is -2.26. The molecule has 4 heteroatoms. The van der Waals surface area contributed by atoms with Crippen LogP contribution in [0.3, 0.4) is 0 Å². The molecule has 3 rings (SSSR count). The van der Waals surface area contributed by atoms with Gasteiger partial charge in [0.2, 0.25) is 0 Å². The third kappa shape index (κ3) is 2.42. The Morgan fingerprint density at radius 3 is 2.50 bits per heavy atom. The topological polar surface area (TPSA) is 29.9 Å². The molecule has 2 aromatic rings. The molecule has 18 heavy (non-hydrogen) atoms. The molecule has 0 radical (unpaired) electrons. The number of aromatic nitrogens is 2. The molecule has 3 nitrogen and oxygen atoms in total. The summed E-state index contributed by atoms with van der Waals surface area (Å²) in [6, 6.07) is 8.64. The van der Waals surface area contributed by atoms with Gasteiger partial charge < -0.3 is 5.32 Å². The van der Waals surface area contributed by atoms with Crippen molar-refractivity contribution in [1.82, 2.24) is 15.1 Å². The van der Waals surface area contributed by atoms with Gasteiger partial charge in [-0.3, -0.25) is 0 Å². The fourth-order valence-corrected chi connectivity index (χ4v) is 2.63. The lowest BCUT2D eigenvalue weighted by molar-refractivity contribution is 0.460. The Morgan fingerprint density at radius 1 is 1.17 bits per heavy atom. The molecule has 1 aliphatic rings. The zero-order chi connectivity index (χ0) is 12.4. The molecule has 1 fully saturated rings. The molecule has 1 N–H and O–H groups in total. The van der Waals surface area contributed by atoms with Crippen LogP contribution in [0.4, 0.5) is 0 Å². The highest BCUT2D eigenvalue weighted by atomic mass is 35.5. The first kappa shape index (κ1) is 11.8. The first-order chi connectivity index (χ1) is 8.83. The van der Waals surface area contributed by atoms with Crippen LogP contribution >= 0.6 is 11.6 Å².